The Bertz CT molecular complexity index is 646. The van der Waals surface area contributed by atoms with Crippen LogP contribution in [0.2, 0.25) is 0 Å². The SMILES string of the molecule is Cc1cc(N2CCC(C(=O)O)CC2)c2ccccc2n1. The third-order valence-electron chi connectivity index (χ3n) is 4.01. The molecule has 1 fully saturated rings. The number of carboxylic acid groups (broad SMARTS) is 1. The molecule has 20 heavy (non-hydrogen) atoms. The van der Waals surface area contributed by atoms with E-state index in [4.69, 9.17) is 5.11 Å². The van der Waals surface area contributed by atoms with Crippen LogP contribution in [-0.2, 0) is 4.79 Å². The lowest BCUT2D eigenvalue weighted by molar-refractivity contribution is -0.142. The van der Waals surface area contributed by atoms with Crippen molar-refractivity contribution in [1.82, 2.24) is 4.98 Å². The fraction of sp³-hybridized carbons (Fsp3) is 0.375. The molecule has 0 amide bonds. The molecular formula is C16H18N2O2. The van der Waals surface area contributed by atoms with Crippen molar-refractivity contribution in [2.24, 2.45) is 5.92 Å². The Hall–Kier alpha value is -2.10. The molecule has 0 spiro atoms. The van der Waals surface area contributed by atoms with Gasteiger partial charge in [-0.25, -0.2) is 0 Å². The van der Waals surface area contributed by atoms with Gasteiger partial charge in [0.2, 0.25) is 0 Å². The maximum absolute atomic E-state index is 11.0. The van der Waals surface area contributed by atoms with Crippen LogP contribution >= 0.6 is 0 Å². The molecule has 2 aromatic rings. The van der Waals surface area contributed by atoms with Gasteiger partial charge in [0.1, 0.15) is 0 Å². The average molecular weight is 270 g/mol. The smallest absolute Gasteiger partial charge is 0.306 e. The molecule has 2 heterocycles. The first-order valence-electron chi connectivity index (χ1n) is 6.99. The van der Waals surface area contributed by atoms with E-state index in [1.165, 1.54) is 5.69 Å². The summed E-state index contributed by atoms with van der Waals surface area (Å²) in [5.74, 6) is -0.860. The molecule has 0 unspecified atom stereocenters. The average Bonchev–Trinajstić information content (AvgIpc) is 2.46. The van der Waals surface area contributed by atoms with E-state index >= 15 is 0 Å². The topological polar surface area (TPSA) is 53.4 Å². The Balaban J connectivity index is 1.93. The van der Waals surface area contributed by atoms with Crippen LogP contribution in [0.15, 0.2) is 30.3 Å². The van der Waals surface area contributed by atoms with Gasteiger partial charge in [0.25, 0.3) is 0 Å². The number of anilines is 1. The molecule has 0 aliphatic carbocycles. The first-order valence-corrected chi connectivity index (χ1v) is 6.99. The summed E-state index contributed by atoms with van der Waals surface area (Å²) in [4.78, 5) is 17.9. The monoisotopic (exact) mass is 270 g/mol. The van der Waals surface area contributed by atoms with Gasteiger partial charge in [-0.3, -0.25) is 9.78 Å². The van der Waals surface area contributed by atoms with Crippen LogP contribution in [0.1, 0.15) is 18.5 Å². The number of carbonyl (C=O) groups is 1. The largest absolute Gasteiger partial charge is 0.481 e. The lowest BCUT2D eigenvalue weighted by atomic mass is 9.96. The highest BCUT2D eigenvalue weighted by atomic mass is 16.4. The quantitative estimate of drug-likeness (QED) is 0.911. The minimum absolute atomic E-state index is 0.194. The van der Waals surface area contributed by atoms with Crippen molar-refractivity contribution < 1.29 is 9.90 Å². The van der Waals surface area contributed by atoms with Gasteiger partial charge in [-0.05, 0) is 31.9 Å². The number of hydrogen-bond donors (Lipinski definition) is 1. The molecule has 104 valence electrons. The zero-order valence-corrected chi connectivity index (χ0v) is 11.5. The molecule has 0 radical (unpaired) electrons. The Morgan fingerprint density at radius 2 is 2.00 bits per heavy atom. The van der Waals surface area contributed by atoms with Crippen molar-refractivity contribution >= 4 is 22.6 Å². The molecule has 1 aromatic heterocycles. The van der Waals surface area contributed by atoms with Crippen LogP contribution < -0.4 is 4.90 Å². The number of aryl methyl sites for hydroxylation is 1. The highest BCUT2D eigenvalue weighted by molar-refractivity contribution is 5.92. The summed E-state index contributed by atoms with van der Waals surface area (Å²) < 4.78 is 0. The van der Waals surface area contributed by atoms with E-state index in [0.29, 0.717) is 12.8 Å². The van der Waals surface area contributed by atoms with E-state index in [1.807, 2.05) is 25.1 Å². The van der Waals surface area contributed by atoms with Gasteiger partial charge < -0.3 is 10.0 Å². The zero-order valence-electron chi connectivity index (χ0n) is 11.5. The molecular weight excluding hydrogens is 252 g/mol. The van der Waals surface area contributed by atoms with E-state index in [0.717, 1.165) is 29.7 Å². The number of piperidine rings is 1. The van der Waals surface area contributed by atoms with Gasteiger partial charge in [0.15, 0.2) is 0 Å². The molecule has 0 atom stereocenters. The molecule has 1 aliphatic heterocycles. The van der Waals surface area contributed by atoms with Crippen molar-refractivity contribution in [1.29, 1.82) is 0 Å². The minimum Gasteiger partial charge on any atom is -0.481 e. The fourth-order valence-corrected chi connectivity index (χ4v) is 2.91. The second-order valence-electron chi connectivity index (χ2n) is 5.40. The van der Waals surface area contributed by atoms with E-state index < -0.39 is 5.97 Å². The lowest BCUT2D eigenvalue weighted by Crippen LogP contribution is -2.36. The van der Waals surface area contributed by atoms with Gasteiger partial charge in [-0.15, -0.1) is 0 Å². The van der Waals surface area contributed by atoms with Crippen LogP contribution in [0.3, 0.4) is 0 Å². The van der Waals surface area contributed by atoms with Crippen LogP contribution in [-0.4, -0.2) is 29.1 Å². The summed E-state index contributed by atoms with van der Waals surface area (Å²) in [6.07, 6.45) is 1.43. The Morgan fingerprint density at radius 3 is 2.70 bits per heavy atom. The Kier molecular flexibility index (Phi) is 3.30. The summed E-state index contributed by atoms with van der Waals surface area (Å²) in [6.45, 7) is 3.59. The van der Waals surface area contributed by atoms with Gasteiger partial charge in [-0.2, -0.15) is 0 Å². The maximum atomic E-state index is 11.0. The number of para-hydroxylation sites is 1. The number of benzene rings is 1. The summed E-state index contributed by atoms with van der Waals surface area (Å²) in [5, 5.41) is 10.2. The van der Waals surface area contributed by atoms with Gasteiger partial charge in [-0.1, -0.05) is 18.2 Å². The Labute approximate surface area is 118 Å². The molecule has 1 aliphatic rings. The van der Waals surface area contributed by atoms with Crippen molar-refractivity contribution in [3.8, 4) is 0 Å². The summed E-state index contributed by atoms with van der Waals surface area (Å²) >= 11 is 0. The molecule has 1 N–H and O–H groups in total. The number of hydrogen-bond acceptors (Lipinski definition) is 3. The number of aromatic nitrogens is 1. The third-order valence-corrected chi connectivity index (χ3v) is 4.01. The van der Waals surface area contributed by atoms with E-state index in [1.54, 1.807) is 0 Å². The zero-order chi connectivity index (χ0) is 14.1. The first kappa shape index (κ1) is 12.9. The second kappa shape index (κ2) is 5.12. The third kappa shape index (κ3) is 2.33. The molecule has 4 heteroatoms. The molecule has 1 saturated heterocycles. The van der Waals surface area contributed by atoms with E-state index in [-0.39, 0.29) is 5.92 Å². The van der Waals surface area contributed by atoms with Gasteiger partial charge in [0, 0.05) is 29.9 Å². The number of nitrogens with zero attached hydrogens (tertiary/aromatic N) is 2. The molecule has 0 saturated carbocycles. The lowest BCUT2D eigenvalue weighted by Gasteiger charge is -2.32. The first-order chi connectivity index (χ1) is 9.65. The number of fused-ring (bicyclic) bond motifs is 1. The van der Waals surface area contributed by atoms with E-state index in [9.17, 15) is 4.79 Å². The second-order valence-corrected chi connectivity index (χ2v) is 5.40. The Morgan fingerprint density at radius 1 is 1.30 bits per heavy atom. The van der Waals surface area contributed by atoms with Crippen LogP contribution in [0, 0.1) is 12.8 Å². The van der Waals surface area contributed by atoms with Crippen molar-refractivity contribution in [3.63, 3.8) is 0 Å². The number of carboxylic acids is 1. The van der Waals surface area contributed by atoms with Crippen LogP contribution in [0.25, 0.3) is 10.9 Å². The van der Waals surface area contributed by atoms with Crippen molar-refractivity contribution in [3.05, 3.63) is 36.0 Å². The predicted octanol–water partition coefficient (Wildman–Crippen LogP) is 2.84. The predicted molar refractivity (Wildman–Crippen MR) is 79.1 cm³/mol. The highest BCUT2D eigenvalue weighted by Crippen LogP contribution is 2.30. The molecule has 3 rings (SSSR count). The van der Waals surface area contributed by atoms with Crippen LogP contribution in [0.5, 0.6) is 0 Å². The van der Waals surface area contributed by atoms with Crippen molar-refractivity contribution in [2.45, 2.75) is 19.8 Å². The maximum Gasteiger partial charge on any atom is 0.306 e. The number of pyridine rings is 1. The summed E-state index contributed by atoms with van der Waals surface area (Å²) in [7, 11) is 0. The molecule has 0 bridgehead atoms. The fourth-order valence-electron chi connectivity index (χ4n) is 2.91. The van der Waals surface area contributed by atoms with Crippen molar-refractivity contribution in [2.75, 3.05) is 18.0 Å². The molecule has 1 aromatic carbocycles. The number of rotatable bonds is 2. The molecule has 4 nitrogen and oxygen atoms in total. The van der Waals surface area contributed by atoms with E-state index in [2.05, 4.69) is 22.0 Å². The summed E-state index contributed by atoms with van der Waals surface area (Å²) in [6, 6.07) is 10.2. The number of aliphatic carboxylic acids is 1. The summed E-state index contributed by atoms with van der Waals surface area (Å²) in [5.41, 5.74) is 3.18. The highest BCUT2D eigenvalue weighted by Gasteiger charge is 2.25. The minimum atomic E-state index is -0.666. The van der Waals surface area contributed by atoms with Gasteiger partial charge >= 0.3 is 5.97 Å². The normalized spacial score (nSPS) is 16.6. The standard InChI is InChI=1S/C16H18N2O2/c1-11-10-15(13-4-2-3-5-14(13)17-11)18-8-6-12(7-9-18)16(19)20/h2-5,10,12H,6-9H2,1H3,(H,19,20). The van der Waals surface area contributed by atoms with Crippen LogP contribution in [0.4, 0.5) is 5.69 Å². The van der Waals surface area contributed by atoms with Gasteiger partial charge in [0.05, 0.1) is 11.4 Å².